The van der Waals surface area contributed by atoms with E-state index in [4.69, 9.17) is 4.74 Å². The van der Waals surface area contributed by atoms with E-state index < -0.39 is 31.3 Å². The Bertz CT molecular complexity index is 1040. The first-order valence-corrected chi connectivity index (χ1v) is 9.09. The molecule has 31 heavy (non-hydrogen) atoms. The number of anilines is 1. The van der Waals surface area contributed by atoms with Crippen LogP contribution < -0.4 is 10.1 Å². The number of nitrogens with one attached hydrogen (secondary N) is 1. The second-order valence-electron chi connectivity index (χ2n) is 6.32. The highest BCUT2D eigenvalue weighted by Gasteiger charge is 2.28. The van der Waals surface area contributed by atoms with Crippen molar-refractivity contribution in [1.82, 2.24) is 4.98 Å². The van der Waals surface area contributed by atoms with Crippen LogP contribution in [0.2, 0.25) is 0 Å². The molecule has 0 saturated carbocycles. The zero-order valence-corrected chi connectivity index (χ0v) is 16.1. The number of pyridine rings is 1. The van der Waals surface area contributed by atoms with Gasteiger partial charge in [0.15, 0.2) is 13.2 Å². The van der Waals surface area contributed by atoms with Crippen LogP contribution >= 0.6 is 0 Å². The molecule has 1 N–H and O–H groups in total. The van der Waals surface area contributed by atoms with Gasteiger partial charge in [-0.3, -0.25) is 4.79 Å². The summed E-state index contributed by atoms with van der Waals surface area (Å²) in [5.41, 5.74) is 2.25. The third-order valence-corrected chi connectivity index (χ3v) is 3.98. The molecule has 0 aliphatic heterocycles. The minimum atomic E-state index is -4.49. The van der Waals surface area contributed by atoms with E-state index in [1.165, 1.54) is 6.07 Å². The summed E-state index contributed by atoms with van der Waals surface area (Å²) in [4.78, 5) is 27.9. The van der Waals surface area contributed by atoms with E-state index in [1.54, 1.807) is 12.1 Å². The van der Waals surface area contributed by atoms with Crippen molar-refractivity contribution in [1.29, 1.82) is 0 Å². The van der Waals surface area contributed by atoms with Crippen molar-refractivity contribution >= 4 is 17.6 Å². The van der Waals surface area contributed by atoms with Crippen molar-refractivity contribution in [3.05, 3.63) is 78.5 Å². The molecular weight excluding hydrogens is 413 g/mol. The number of nitrogens with zero attached hydrogens (tertiary/aromatic N) is 1. The van der Waals surface area contributed by atoms with Gasteiger partial charge in [-0.2, -0.15) is 13.2 Å². The molecule has 0 fully saturated rings. The Hall–Kier alpha value is -3.88. The number of benzene rings is 2. The summed E-state index contributed by atoms with van der Waals surface area (Å²) in [6, 6.07) is 18.9. The van der Waals surface area contributed by atoms with Gasteiger partial charge in [-0.25, -0.2) is 9.78 Å². The quantitative estimate of drug-likeness (QED) is 0.559. The van der Waals surface area contributed by atoms with E-state index in [1.807, 2.05) is 42.5 Å². The summed E-state index contributed by atoms with van der Waals surface area (Å²) in [6.45, 7) is -2.04. The van der Waals surface area contributed by atoms with Gasteiger partial charge in [-0.1, -0.05) is 48.5 Å². The van der Waals surface area contributed by atoms with E-state index in [0.717, 1.165) is 23.4 Å². The number of carbonyl (C=O) groups is 2. The lowest BCUT2D eigenvalue weighted by Crippen LogP contribution is -2.21. The molecule has 6 nitrogen and oxygen atoms in total. The van der Waals surface area contributed by atoms with Crippen molar-refractivity contribution in [3.63, 3.8) is 0 Å². The summed E-state index contributed by atoms with van der Waals surface area (Å²) < 4.78 is 45.8. The van der Waals surface area contributed by atoms with Gasteiger partial charge in [0.25, 0.3) is 5.91 Å². The first-order chi connectivity index (χ1) is 14.8. The van der Waals surface area contributed by atoms with Crippen molar-refractivity contribution < 1.29 is 32.2 Å². The molecule has 0 radical (unpaired) electrons. The fraction of sp³-hybridized carbons (Fsp3) is 0.136. The summed E-state index contributed by atoms with van der Waals surface area (Å²) in [5.74, 6) is -1.68. The second-order valence-corrected chi connectivity index (χ2v) is 6.32. The fourth-order valence-corrected chi connectivity index (χ4v) is 2.60. The fourth-order valence-electron chi connectivity index (χ4n) is 2.60. The molecule has 3 rings (SSSR count). The average Bonchev–Trinajstić information content (AvgIpc) is 2.77. The SMILES string of the molecule is O=C(COC(=O)c1ccc(OCC(F)(F)F)nc1)Nc1ccccc1-c1ccccc1. The maximum absolute atomic E-state index is 12.2. The number of hydrogen-bond donors (Lipinski definition) is 1. The predicted octanol–water partition coefficient (Wildman–Crippen LogP) is 4.49. The monoisotopic (exact) mass is 430 g/mol. The lowest BCUT2D eigenvalue weighted by atomic mass is 10.0. The number of aromatic nitrogens is 1. The highest BCUT2D eigenvalue weighted by molar-refractivity contribution is 5.98. The number of halogens is 3. The molecule has 0 bridgehead atoms. The first kappa shape index (κ1) is 21.8. The maximum atomic E-state index is 12.2. The molecule has 0 spiro atoms. The van der Waals surface area contributed by atoms with E-state index in [-0.39, 0.29) is 11.4 Å². The number of hydrogen-bond acceptors (Lipinski definition) is 5. The zero-order valence-electron chi connectivity index (χ0n) is 16.1. The van der Waals surface area contributed by atoms with Crippen molar-refractivity contribution in [3.8, 4) is 17.0 Å². The minimum absolute atomic E-state index is 0.0307. The van der Waals surface area contributed by atoms with Crippen molar-refractivity contribution in [2.45, 2.75) is 6.18 Å². The Morgan fingerprint density at radius 2 is 1.65 bits per heavy atom. The first-order valence-electron chi connectivity index (χ1n) is 9.09. The predicted molar refractivity (Wildman–Crippen MR) is 107 cm³/mol. The number of ether oxygens (including phenoxy) is 2. The molecule has 2 aromatic carbocycles. The van der Waals surface area contributed by atoms with Crippen molar-refractivity contribution in [2.24, 2.45) is 0 Å². The van der Waals surface area contributed by atoms with Crippen LogP contribution in [0.3, 0.4) is 0 Å². The normalized spacial score (nSPS) is 10.9. The van der Waals surface area contributed by atoms with Gasteiger partial charge in [0.2, 0.25) is 5.88 Å². The smallest absolute Gasteiger partial charge is 0.422 e. The Kier molecular flexibility index (Phi) is 6.86. The number of esters is 1. The second kappa shape index (κ2) is 9.75. The molecule has 0 aliphatic carbocycles. The number of carbonyl (C=O) groups excluding carboxylic acids is 2. The maximum Gasteiger partial charge on any atom is 0.422 e. The van der Waals surface area contributed by atoms with E-state index in [9.17, 15) is 22.8 Å². The van der Waals surface area contributed by atoms with Crippen LogP contribution in [0, 0.1) is 0 Å². The molecule has 1 aromatic heterocycles. The van der Waals surface area contributed by atoms with E-state index in [2.05, 4.69) is 15.0 Å². The van der Waals surface area contributed by atoms with E-state index >= 15 is 0 Å². The zero-order chi connectivity index (χ0) is 22.3. The molecule has 3 aromatic rings. The van der Waals surface area contributed by atoms with Gasteiger partial charge in [-0.15, -0.1) is 0 Å². The third kappa shape index (κ3) is 6.56. The van der Waals surface area contributed by atoms with Gasteiger partial charge in [-0.05, 0) is 17.7 Å². The molecule has 0 unspecified atom stereocenters. The molecule has 9 heteroatoms. The lowest BCUT2D eigenvalue weighted by molar-refractivity contribution is -0.154. The van der Waals surface area contributed by atoms with Crippen LogP contribution in [0.5, 0.6) is 5.88 Å². The van der Waals surface area contributed by atoms with E-state index in [0.29, 0.717) is 5.69 Å². The third-order valence-electron chi connectivity index (χ3n) is 3.98. The lowest BCUT2D eigenvalue weighted by Gasteiger charge is -2.12. The average molecular weight is 430 g/mol. The Morgan fingerprint density at radius 1 is 0.935 bits per heavy atom. The molecule has 0 atom stereocenters. The molecular formula is C22H17F3N2O4. The summed E-state index contributed by atoms with van der Waals surface area (Å²) in [7, 11) is 0. The summed E-state index contributed by atoms with van der Waals surface area (Å²) in [5, 5.41) is 2.70. The number of alkyl halides is 3. The van der Waals surface area contributed by atoms with Crippen LogP contribution in [0.1, 0.15) is 10.4 Å². The number of amides is 1. The van der Waals surface area contributed by atoms with Crippen LogP contribution in [0.4, 0.5) is 18.9 Å². The van der Waals surface area contributed by atoms with Gasteiger partial charge < -0.3 is 14.8 Å². The van der Waals surface area contributed by atoms with Crippen LogP contribution in [-0.2, 0) is 9.53 Å². The highest BCUT2D eigenvalue weighted by atomic mass is 19.4. The summed E-state index contributed by atoms with van der Waals surface area (Å²) >= 11 is 0. The topological polar surface area (TPSA) is 77.5 Å². The summed E-state index contributed by atoms with van der Waals surface area (Å²) in [6.07, 6.45) is -3.48. The van der Waals surface area contributed by atoms with Gasteiger partial charge in [0.05, 0.1) is 5.56 Å². The molecule has 1 heterocycles. The van der Waals surface area contributed by atoms with Crippen LogP contribution in [0.15, 0.2) is 72.9 Å². The van der Waals surface area contributed by atoms with Gasteiger partial charge in [0, 0.05) is 23.5 Å². The Morgan fingerprint density at radius 3 is 2.32 bits per heavy atom. The largest absolute Gasteiger partial charge is 0.468 e. The Balaban J connectivity index is 1.55. The molecule has 0 aliphatic rings. The Labute approximate surface area is 175 Å². The standard InChI is InChI=1S/C22H17F3N2O4/c23-22(24,25)14-31-20-11-10-16(12-26-20)21(29)30-13-19(28)27-18-9-5-4-8-17(18)15-6-2-1-3-7-15/h1-12H,13-14H2,(H,27,28). The number of para-hydroxylation sites is 1. The molecule has 1 amide bonds. The van der Waals surface area contributed by atoms with Gasteiger partial charge >= 0.3 is 12.1 Å². The highest BCUT2D eigenvalue weighted by Crippen LogP contribution is 2.27. The molecule has 160 valence electrons. The van der Waals surface area contributed by atoms with Crippen LogP contribution in [-0.4, -0.2) is 36.3 Å². The van der Waals surface area contributed by atoms with Crippen LogP contribution in [0.25, 0.3) is 11.1 Å². The van der Waals surface area contributed by atoms with Gasteiger partial charge in [0.1, 0.15) is 0 Å². The minimum Gasteiger partial charge on any atom is -0.468 e. The van der Waals surface area contributed by atoms with Crippen molar-refractivity contribution in [2.75, 3.05) is 18.5 Å². The molecule has 0 saturated heterocycles. The number of rotatable bonds is 7.